The van der Waals surface area contributed by atoms with Crippen LogP contribution in [0.2, 0.25) is 0 Å². The maximum atomic E-state index is 11.9. The van der Waals surface area contributed by atoms with Gasteiger partial charge in [-0.3, -0.25) is 14.9 Å². The highest BCUT2D eigenvalue weighted by molar-refractivity contribution is 5.95. The molecule has 3 amide bonds. The fourth-order valence-corrected chi connectivity index (χ4v) is 3.49. The summed E-state index contributed by atoms with van der Waals surface area (Å²) < 4.78 is 0. The third kappa shape index (κ3) is 3.35. The van der Waals surface area contributed by atoms with Crippen molar-refractivity contribution in [3.8, 4) is 0 Å². The van der Waals surface area contributed by atoms with E-state index in [1.807, 2.05) is 4.90 Å². The molecule has 25 heavy (non-hydrogen) atoms. The predicted molar refractivity (Wildman–Crippen MR) is 91.8 cm³/mol. The van der Waals surface area contributed by atoms with Crippen molar-refractivity contribution in [2.24, 2.45) is 0 Å². The summed E-state index contributed by atoms with van der Waals surface area (Å²) in [5, 5.41) is 16.8. The molecule has 1 aromatic rings. The van der Waals surface area contributed by atoms with E-state index >= 15 is 0 Å². The van der Waals surface area contributed by atoms with Gasteiger partial charge in [-0.05, 0) is 25.0 Å². The molecule has 1 unspecified atom stereocenters. The van der Waals surface area contributed by atoms with Crippen molar-refractivity contribution >= 4 is 23.3 Å². The topological polar surface area (TPSA) is 108 Å². The lowest BCUT2D eigenvalue weighted by molar-refractivity contribution is -0.384. The molecule has 0 spiro atoms. The van der Waals surface area contributed by atoms with Crippen LogP contribution in [-0.4, -0.2) is 61.0 Å². The Labute approximate surface area is 145 Å². The fourth-order valence-electron chi connectivity index (χ4n) is 3.49. The lowest BCUT2D eigenvalue weighted by Gasteiger charge is -2.38. The third-order valence-electron chi connectivity index (χ3n) is 4.73. The summed E-state index contributed by atoms with van der Waals surface area (Å²) in [6, 6.07) is 4.48. The SMILES string of the molecule is CNC(=O)c1ccc(N2CCCC(N3CCNC3=O)C2)c([N+](=O)[O-])c1. The number of nitro groups is 1. The molecule has 2 saturated heterocycles. The summed E-state index contributed by atoms with van der Waals surface area (Å²) in [5.74, 6) is -0.361. The van der Waals surface area contributed by atoms with Gasteiger partial charge in [0.25, 0.3) is 11.6 Å². The number of urea groups is 1. The van der Waals surface area contributed by atoms with Crippen LogP contribution in [0, 0.1) is 10.1 Å². The van der Waals surface area contributed by atoms with Gasteiger partial charge in [0.2, 0.25) is 0 Å². The van der Waals surface area contributed by atoms with Crippen LogP contribution in [-0.2, 0) is 0 Å². The summed E-state index contributed by atoms with van der Waals surface area (Å²) in [6.07, 6.45) is 1.73. The largest absolute Gasteiger partial charge is 0.364 e. The Bertz CT molecular complexity index is 708. The van der Waals surface area contributed by atoms with E-state index < -0.39 is 4.92 Å². The average molecular weight is 347 g/mol. The molecule has 0 saturated carbocycles. The van der Waals surface area contributed by atoms with Gasteiger partial charge >= 0.3 is 6.03 Å². The van der Waals surface area contributed by atoms with E-state index in [1.54, 1.807) is 17.0 Å². The molecule has 134 valence electrons. The summed E-state index contributed by atoms with van der Waals surface area (Å²) >= 11 is 0. The fraction of sp³-hybridized carbons (Fsp3) is 0.500. The predicted octanol–water partition coefficient (Wildman–Crippen LogP) is 0.948. The number of carbonyl (C=O) groups excluding carboxylic acids is 2. The second kappa shape index (κ2) is 6.96. The van der Waals surface area contributed by atoms with Crippen LogP contribution in [0.15, 0.2) is 18.2 Å². The van der Waals surface area contributed by atoms with Crippen LogP contribution in [0.4, 0.5) is 16.2 Å². The number of piperidine rings is 1. The highest BCUT2D eigenvalue weighted by Crippen LogP contribution is 2.32. The van der Waals surface area contributed by atoms with Crippen LogP contribution in [0.5, 0.6) is 0 Å². The molecule has 0 aliphatic carbocycles. The van der Waals surface area contributed by atoms with E-state index in [1.165, 1.54) is 13.1 Å². The molecule has 2 aliphatic rings. The number of nitro benzene ring substituents is 1. The van der Waals surface area contributed by atoms with E-state index in [4.69, 9.17) is 0 Å². The molecule has 2 aliphatic heterocycles. The number of benzene rings is 1. The molecule has 1 atom stereocenters. The lowest BCUT2D eigenvalue weighted by atomic mass is 10.0. The van der Waals surface area contributed by atoms with E-state index in [0.717, 1.165) is 12.8 Å². The first-order valence-corrected chi connectivity index (χ1v) is 8.31. The van der Waals surface area contributed by atoms with Gasteiger partial charge in [0.15, 0.2) is 0 Å². The van der Waals surface area contributed by atoms with Crippen molar-refractivity contribution in [3.05, 3.63) is 33.9 Å². The third-order valence-corrected chi connectivity index (χ3v) is 4.73. The number of hydrogen-bond acceptors (Lipinski definition) is 5. The van der Waals surface area contributed by atoms with Crippen LogP contribution >= 0.6 is 0 Å². The first-order chi connectivity index (χ1) is 12.0. The summed E-state index contributed by atoms with van der Waals surface area (Å²) in [4.78, 5) is 38.4. The highest BCUT2D eigenvalue weighted by atomic mass is 16.6. The molecular weight excluding hydrogens is 326 g/mol. The maximum absolute atomic E-state index is 11.9. The molecular formula is C16H21N5O4. The summed E-state index contributed by atoms with van der Waals surface area (Å²) in [6.45, 7) is 2.53. The van der Waals surface area contributed by atoms with Gasteiger partial charge in [0.05, 0.1) is 11.0 Å². The molecule has 2 N–H and O–H groups in total. The van der Waals surface area contributed by atoms with E-state index in [-0.39, 0.29) is 29.2 Å². The second-order valence-electron chi connectivity index (χ2n) is 6.21. The van der Waals surface area contributed by atoms with E-state index in [0.29, 0.717) is 31.9 Å². The molecule has 3 rings (SSSR count). The number of amides is 3. The number of nitrogens with zero attached hydrogens (tertiary/aromatic N) is 3. The zero-order chi connectivity index (χ0) is 18.0. The maximum Gasteiger partial charge on any atom is 0.317 e. The molecule has 9 heteroatoms. The Morgan fingerprint density at radius 3 is 2.84 bits per heavy atom. The minimum Gasteiger partial charge on any atom is -0.364 e. The van der Waals surface area contributed by atoms with Crippen molar-refractivity contribution in [2.75, 3.05) is 38.1 Å². The molecule has 0 radical (unpaired) electrons. The average Bonchev–Trinajstić information content (AvgIpc) is 3.06. The molecule has 0 bridgehead atoms. The molecule has 9 nitrogen and oxygen atoms in total. The first-order valence-electron chi connectivity index (χ1n) is 8.31. The van der Waals surface area contributed by atoms with Crippen molar-refractivity contribution in [2.45, 2.75) is 18.9 Å². The standard InChI is InChI=1S/C16H21N5O4/c1-17-15(22)11-4-5-13(14(9-11)21(24)25)19-7-2-3-12(10-19)20-8-6-18-16(20)23/h4-5,9,12H,2-3,6-8,10H2,1H3,(H,17,22)(H,18,23). The zero-order valence-electron chi connectivity index (χ0n) is 14.0. The van der Waals surface area contributed by atoms with Crippen LogP contribution < -0.4 is 15.5 Å². The molecule has 0 aromatic heterocycles. The minimum absolute atomic E-state index is 0.0365. The lowest BCUT2D eigenvalue weighted by Crippen LogP contribution is -2.49. The Kier molecular flexibility index (Phi) is 4.73. The second-order valence-corrected chi connectivity index (χ2v) is 6.21. The van der Waals surface area contributed by atoms with Gasteiger partial charge < -0.3 is 20.4 Å². The van der Waals surface area contributed by atoms with Gasteiger partial charge in [0.1, 0.15) is 5.69 Å². The Balaban J connectivity index is 1.86. The Morgan fingerprint density at radius 2 is 2.20 bits per heavy atom. The molecule has 2 heterocycles. The number of rotatable bonds is 4. The summed E-state index contributed by atoms with van der Waals surface area (Å²) in [7, 11) is 1.48. The number of anilines is 1. The van der Waals surface area contributed by atoms with Gasteiger partial charge in [-0.2, -0.15) is 0 Å². The van der Waals surface area contributed by atoms with Gasteiger partial charge in [-0.25, -0.2) is 4.79 Å². The summed E-state index contributed by atoms with van der Waals surface area (Å²) in [5.41, 5.74) is 0.653. The van der Waals surface area contributed by atoms with Gasteiger partial charge in [-0.15, -0.1) is 0 Å². The minimum atomic E-state index is -0.464. The van der Waals surface area contributed by atoms with E-state index in [2.05, 4.69) is 10.6 Å². The van der Waals surface area contributed by atoms with Crippen LogP contribution in [0.1, 0.15) is 23.2 Å². The Hall–Kier alpha value is -2.84. The van der Waals surface area contributed by atoms with Crippen molar-refractivity contribution in [1.82, 2.24) is 15.5 Å². The van der Waals surface area contributed by atoms with E-state index in [9.17, 15) is 19.7 Å². The van der Waals surface area contributed by atoms with Crippen molar-refractivity contribution < 1.29 is 14.5 Å². The Morgan fingerprint density at radius 1 is 1.40 bits per heavy atom. The number of nitrogens with one attached hydrogen (secondary N) is 2. The van der Waals surface area contributed by atoms with Crippen molar-refractivity contribution in [1.29, 1.82) is 0 Å². The monoisotopic (exact) mass is 347 g/mol. The zero-order valence-corrected chi connectivity index (χ0v) is 14.0. The normalized spacial score (nSPS) is 20.4. The van der Waals surface area contributed by atoms with Crippen LogP contribution in [0.25, 0.3) is 0 Å². The first kappa shape index (κ1) is 17.0. The van der Waals surface area contributed by atoms with Gasteiger partial charge in [0, 0.05) is 44.9 Å². The van der Waals surface area contributed by atoms with Crippen molar-refractivity contribution in [3.63, 3.8) is 0 Å². The molecule has 2 fully saturated rings. The quantitative estimate of drug-likeness (QED) is 0.623. The number of carbonyl (C=O) groups is 2. The van der Waals surface area contributed by atoms with Crippen LogP contribution in [0.3, 0.4) is 0 Å². The van der Waals surface area contributed by atoms with Gasteiger partial charge in [-0.1, -0.05) is 0 Å². The smallest absolute Gasteiger partial charge is 0.317 e. The highest BCUT2D eigenvalue weighted by Gasteiger charge is 2.33. The molecule has 1 aromatic carbocycles. The number of hydrogen-bond donors (Lipinski definition) is 2.